The van der Waals surface area contributed by atoms with Gasteiger partial charge in [0.2, 0.25) is 0 Å². The lowest BCUT2D eigenvalue weighted by atomic mass is 10.1. The number of aliphatic carboxylic acids is 1. The first-order valence-electron chi connectivity index (χ1n) is 6.74. The Morgan fingerprint density at radius 2 is 1.95 bits per heavy atom. The third-order valence-electron chi connectivity index (χ3n) is 3.26. The lowest BCUT2D eigenvalue weighted by Crippen LogP contribution is -2.48. The molecule has 0 heterocycles. The van der Waals surface area contributed by atoms with E-state index in [0.717, 1.165) is 6.42 Å². The Morgan fingerprint density at radius 3 is 2.37 bits per heavy atom. The van der Waals surface area contributed by atoms with Crippen LogP contribution in [-0.4, -0.2) is 54.9 Å². The molecule has 2 N–H and O–H groups in total. The Morgan fingerprint density at radius 1 is 1.32 bits per heavy atom. The number of carbonyl (C=O) groups excluding carboxylic acids is 1. The van der Waals surface area contributed by atoms with Crippen LogP contribution < -0.4 is 5.32 Å². The van der Waals surface area contributed by atoms with Crippen LogP contribution >= 0.6 is 0 Å². The van der Waals surface area contributed by atoms with E-state index in [1.165, 1.54) is 0 Å². The molecule has 2 amide bonds. The van der Waals surface area contributed by atoms with Gasteiger partial charge in [0.25, 0.3) is 0 Å². The molecule has 6 heteroatoms. The van der Waals surface area contributed by atoms with Crippen molar-refractivity contribution in [3.8, 4) is 0 Å². The predicted octanol–water partition coefficient (Wildman–Crippen LogP) is 1.55. The monoisotopic (exact) mass is 274 g/mol. The molecule has 0 saturated heterocycles. The summed E-state index contributed by atoms with van der Waals surface area (Å²) in [5, 5.41) is 11.6. The van der Waals surface area contributed by atoms with E-state index in [2.05, 4.69) is 5.32 Å². The number of hydrogen-bond acceptors (Lipinski definition) is 3. The Kier molecular flexibility index (Phi) is 8.95. The normalized spacial score (nSPS) is 13.7. The molecule has 0 rings (SSSR count). The molecule has 6 nitrogen and oxygen atoms in total. The zero-order valence-electron chi connectivity index (χ0n) is 12.3. The summed E-state index contributed by atoms with van der Waals surface area (Å²) in [6.45, 7) is 6.88. The van der Waals surface area contributed by atoms with Gasteiger partial charge in [0.15, 0.2) is 0 Å². The molecule has 0 bridgehead atoms. The average Bonchev–Trinajstić information content (AvgIpc) is 2.39. The highest BCUT2D eigenvalue weighted by Gasteiger charge is 2.21. The van der Waals surface area contributed by atoms with Gasteiger partial charge in [0, 0.05) is 26.2 Å². The number of carbonyl (C=O) groups is 2. The summed E-state index contributed by atoms with van der Waals surface area (Å²) < 4.78 is 4.99. The van der Waals surface area contributed by atoms with Gasteiger partial charge in [-0.3, -0.25) is 4.79 Å². The first kappa shape index (κ1) is 17.7. The number of carboxylic acids is 1. The molecule has 19 heavy (non-hydrogen) atoms. The minimum Gasteiger partial charge on any atom is -0.481 e. The van der Waals surface area contributed by atoms with Crippen LogP contribution in [0.15, 0.2) is 0 Å². The highest BCUT2D eigenvalue weighted by molar-refractivity contribution is 5.76. The first-order valence-corrected chi connectivity index (χ1v) is 6.74. The summed E-state index contributed by atoms with van der Waals surface area (Å²) in [5.74, 6) is -1.42. The number of rotatable bonds is 9. The summed E-state index contributed by atoms with van der Waals surface area (Å²) in [5.41, 5.74) is 0. The molecule has 2 unspecified atom stereocenters. The van der Waals surface area contributed by atoms with E-state index in [-0.39, 0.29) is 18.6 Å². The van der Waals surface area contributed by atoms with Crippen molar-refractivity contribution in [3.05, 3.63) is 0 Å². The molecular formula is C13H26N2O4. The van der Waals surface area contributed by atoms with Gasteiger partial charge in [0.05, 0.1) is 12.5 Å². The Balaban J connectivity index is 4.42. The van der Waals surface area contributed by atoms with Crippen LogP contribution in [0, 0.1) is 5.92 Å². The molecule has 0 aromatic rings. The van der Waals surface area contributed by atoms with Gasteiger partial charge in [-0.25, -0.2) is 4.79 Å². The standard InChI is InChI=1S/C13H26N2O4/c1-5-10(3)15(7-8-19-4)13(18)14-9-11(6-2)12(16)17/h10-11H,5-9H2,1-4H3,(H,14,18)(H,16,17). The van der Waals surface area contributed by atoms with Crippen LogP contribution in [-0.2, 0) is 9.53 Å². The van der Waals surface area contributed by atoms with Crippen molar-refractivity contribution in [3.63, 3.8) is 0 Å². The van der Waals surface area contributed by atoms with Crippen LogP contribution in [0.1, 0.15) is 33.6 Å². The Labute approximate surface area is 115 Å². The van der Waals surface area contributed by atoms with Gasteiger partial charge in [-0.05, 0) is 19.8 Å². The van der Waals surface area contributed by atoms with E-state index in [9.17, 15) is 9.59 Å². The summed E-state index contributed by atoms with van der Waals surface area (Å²) >= 11 is 0. The fraction of sp³-hybridized carbons (Fsp3) is 0.846. The zero-order chi connectivity index (χ0) is 14.8. The fourth-order valence-electron chi connectivity index (χ4n) is 1.65. The van der Waals surface area contributed by atoms with E-state index < -0.39 is 11.9 Å². The second-order valence-corrected chi connectivity index (χ2v) is 4.57. The van der Waals surface area contributed by atoms with Crippen molar-refractivity contribution >= 4 is 12.0 Å². The van der Waals surface area contributed by atoms with Crippen LogP contribution in [0.5, 0.6) is 0 Å². The third kappa shape index (κ3) is 6.42. The number of methoxy groups -OCH3 is 1. The lowest BCUT2D eigenvalue weighted by Gasteiger charge is -2.29. The van der Waals surface area contributed by atoms with Gasteiger partial charge in [0.1, 0.15) is 0 Å². The Bertz CT molecular complexity index is 284. The predicted molar refractivity (Wildman–Crippen MR) is 73.2 cm³/mol. The molecule has 0 fully saturated rings. The summed E-state index contributed by atoms with van der Waals surface area (Å²) in [6, 6.07) is -0.133. The second kappa shape index (κ2) is 9.61. The minimum atomic E-state index is -0.880. The number of hydrogen-bond donors (Lipinski definition) is 2. The molecule has 0 saturated carbocycles. The smallest absolute Gasteiger partial charge is 0.317 e. The summed E-state index contributed by atoms with van der Waals surface area (Å²) in [4.78, 5) is 24.6. The number of amides is 2. The van der Waals surface area contributed by atoms with Gasteiger partial charge in [-0.2, -0.15) is 0 Å². The highest BCUT2D eigenvalue weighted by atomic mass is 16.5. The minimum absolute atomic E-state index is 0.0973. The number of urea groups is 1. The average molecular weight is 274 g/mol. The van der Waals surface area contributed by atoms with Gasteiger partial charge < -0.3 is 20.1 Å². The largest absolute Gasteiger partial charge is 0.481 e. The number of nitrogens with one attached hydrogen (secondary N) is 1. The quantitative estimate of drug-likeness (QED) is 0.668. The molecule has 0 aliphatic rings. The fourth-order valence-corrected chi connectivity index (χ4v) is 1.65. The van der Waals surface area contributed by atoms with E-state index in [1.54, 1.807) is 18.9 Å². The van der Waals surface area contributed by atoms with Gasteiger partial charge in [-0.1, -0.05) is 13.8 Å². The highest BCUT2D eigenvalue weighted by Crippen LogP contribution is 2.05. The van der Waals surface area contributed by atoms with Crippen LogP contribution in [0.2, 0.25) is 0 Å². The summed E-state index contributed by atoms with van der Waals surface area (Å²) in [6.07, 6.45) is 1.34. The Hall–Kier alpha value is -1.30. The molecule has 0 radical (unpaired) electrons. The topological polar surface area (TPSA) is 78.9 Å². The number of carboxylic acid groups (broad SMARTS) is 1. The maximum Gasteiger partial charge on any atom is 0.317 e. The van der Waals surface area contributed by atoms with E-state index in [0.29, 0.717) is 19.6 Å². The van der Waals surface area contributed by atoms with E-state index in [4.69, 9.17) is 9.84 Å². The van der Waals surface area contributed by atoms with E-state index >= 15 is 0 Å². The first-order chi connectivity index (χ1) is 8.97. The van der Waals surface area contributed by atoms with Crippen molar-refractivity contribution in [2.45, 2.75) is 39.7 Å². The second-order valence-electron chi connectivity index (χ2n) is 4.57. The maximum atomic E-state index is 12.1. The molecule has 0 aromatic heterocycles. The lowest BCUT2D eigenvalue weighted by molar-refractivity contribution is -0.141. The number of ether oxygens (including phenoxy) is 1. The molecule has 0 aliphatic carbocycles. The van der Waals surface area contributed by atoms with Crippen LogP contribution in [0.3, 0.4) is 0 Å². The maximum absolute atomic E-state index is 12.1. The van der Waals surface area contributed by atoms with Gasteiger partial charge >= 0.3 is 12.0 Å². The molecule has 0 aliphatic heterocycles. The van der Waals surface area contributed by atoms with E-state index in [1.807, 2.05) is 13.8 Å². The van der Waals surface area contributed by atoms with Gasteiger partial charge in [-0.15, -0.1) is 0 Å². The van der Waals surface area contributed by atoms with Crippen molar-refractivity contribution in [2.24, 2.45) is 5.92 Å². The van der Waals surface area contributed by atoms with Crippen molar-refractivity contribution in [2.75, 3.05) is 26.8 Å². The number of nitrogens with zero attached hydrogens (tertiary/aromatic N) is 1. The SMILES string of the molecule is CCC(CNC(=O)N(CCOC)C(C)CC)C(=O)O. The molecule has 112 valence electrons. The molecular weight excluding hydrogens is 248 g/mol. The van der Waals surface area contributed by atoms with Crippen molar-refractivity contribution in [1.82, 2.24) is 10.2 Å². The molecule has 0 aromatic carbocycles. The molecule has 2 atom stereocenters. The summed E-state index contributed by atoms with van der Waals surface area (Å²) in [7, 11) is 1.59. The van der Waals surface area contributed by atoms with Crippen LogP contribution in [0.25, 0.3) is 0 Å². The molecule has 0 spiro atoms. The van der Waals surface area contributed by atoms with Crippen molar-refractivity contribution < 1.29 is 19.4 Å². The van der Waals surface area contributed by atoms with Crippen molar-refractivity contribution in [1.29, 1.82) is 0 Å². The zero-order valence-corrected chi connectivity index (χ0v) is 12.3. The third-order valence-corrected chi connectivity index (χ3v) is 3.26. The van der Waals surface area contributed by atoms with Crippen LogP contribution in [0.4, 0.5) is 4.79 Å².